The molecule has 15 heavy (non-hydrogen) atoms. The van der Waals surface area contributed by atoms with Crippen molar-refractivity contribution in [2.45, 2.75) is 0 Å². The number of non-ortho nitro benzene ring substituents is 1. The molecule has 0 amide bonds. The Labute approximate surface area is 82.2 Å². The fraction of sp³-hybridized carbons (Fsp3) is 0. The SMILES string of the molecule is O=[N+]([O-])c1cccc2occ([N+](=O)[O-])c12. The number of furan rings is 1. The maximum Gasteiger partial charge on any atom is 0.322 e. The first-order valence-corrected chi connectivity index (χ1v) is 3.90. The average Bonchev–Trinajstić information content (AvgIpc) is 2.60. The maximum atomic E-state index is 10.6. The third-order valence-corrected chi connectivity index (χ3v) is 1.95. The molecule has 1 aromatic heterocycles. The van der Waals surface area contributed by atoms with Gasteiger partial charge < -0.3 is 4.42 Å². The molecule has 7 nitrogen and oxygen atoms in total. The Morgan fingerprint density at radius 1 is 1.07 bits per heavy atom. The van der Waals surface area contributed by atoms with Gasteiger partial charge in [-0.15, -0.1) is 0 Å². The van der Waals surface area contributed by atoms with E-state index < -0.39 is 15.5 Å². The van der Waals surface area contributed by atoms with Crippen LogP contribution in [-0.2, 0) is 0 Å². The van der Waals surface area contributed by atoms with E-state index in [2.05, 4.69) is 0 Å². The van der Waals surface area contributed by atoms with E-state index in [-0.39, 0.29) is 16.7 Å². The summed E-state index contributed by atoms with van der Waals surface area (Å²) in [7, 11) is 0. The van der Waals surface area contributed by atoms with Crippen LogP contribution in [0, 0.1) is 20.2 Å². The van der Waals surface area contributed by atoms with Crippen molar-refractivity contribution < 1.29 is 14.3 Å². The van der Waals surface area contributed by atoms with Gasteiger partial charge in [0.1, 0.15) is 5.58 Å². The van der Waals surface area contributed by atoms with Gasteiger partial charge in [-0.3, -0.25) is 20.2 Å². The lowest BCUT2D eigenvalue weighted by atomic mass is 10.2. The van der Waals surface area contributed by atoms with E-state index >= 15 is 0 Å². The van der Waals surface area contributed by atoms with E-state index in [1.165, 1.54) is 18.2 Å². The highest BCUT2D eigenvalue weighted by molar-refractivity contribution is 5.95. The lowest BCUT2D eigenvalue weighted by molar-refractivity contribution is -0.390. The second kappa shape index (κ2) is 3.05. The van der Waals surface area contributed by atoms with E-state index in [4.69, 9.17) is 4.42 Å². The van der Waals surface area contributed by atoms with Crippen LogP contribution in [0.2, 0.25) is 0 Å². The molecule has 0 saturated heterocycles. The van der Waals surface area contributed by atoms with Crippen LogP contribution in [-0.4, -0.2) is 9.85 Å². The van der Waals surface area contributed by atoms with E-state index in [1.54, 1.807) is 0 Å². The Morgan fingerprint density at radius 2 is 1.73 bits per heavy atom. The van der Waals surface area contributed by atoms with Crippen molar-refractivity contribution in [3.8, 4) is 0 Å². The summed E-state index contributed by atoms with van der Waals surface area (Å²) in [6.07, 6.45) is 0.900. The zero-order valence-electron chi connectivity index (χ0n) is 7.25. The van der Waals surface area contributed by atoms with Gasteiger partial charge in [-0.05, 0) is 6.07 Å². The minimum Gasteiger partial charge on any atom is -0.457 e. The molecule has 0 fully saturated rings. The van der Waals surface area contributed by atoms with Gasteiger partial charge >= 0.3 is 5.69 Å². The number of hydrogen-bond donors (Lipinski definition) is 0. The van der Waals surface area contributed by atoms with Gasteiger partial charge in [0.15, 0.2) is 11.6 Å². The fourth-order valence-electron chi connectivity index (χ4n) is 1.34. The molecule has 7 heteroatoms. The number of nitrogens with zero attached hydrogens (tertiary/aromatic N) is 2. The molecule has 0 unspecified atom stereocenters. The molecule has 0 aliphatic rings. The zero-order valence-corrected chi connectivity index (χ0v) is 7.25. The van der Waals surface area contributed by atoms with Crippen LogP contribution in [0.3, 0.4) is 0 Å². The molecule has 1 heterocycles. The van der Waals surface area contributed by atoms with Gasteiger partial charge in [-0.2, -0.15) is 0 Å². The predicted molar refractivity (Wildman–Crippen MR) is 49.5 cm³/mol. The van der Waals surface area contributed by atoms with E-state index in [0.29, 0.717) is 0 Å². The highest BCUT2D eigenvalue weighted by Crippen LogP contribution is 2.34. The molecule has 0 aliphatic heterocycles. The van der Waals surface area contributed by atoms with Gasteiger partial charge in [0.2, 0.25) is 0 Å². The molecule has 1 aromatic carbocycles. The first-order chi connectivity index (χ1) is 7.11. The molecule has 2 aromatic rings. The Morgan fingerprint density at radius 3 is 2.33 bits per heavy atom. The van der Waals surface area contributed by atoms with Crippen LogP contribution in [0.5, 0.6) is 0 Å². The van der Waals surface area contributed by atoms with E-state index in [1.807, 2.05) is 0 Å². The molecule has 0 spiro atoms. The Bertz CT molecular complexity index is 559. The van der Waals surface area contributed by atoms with Crippen molar-refractivity contribution in [3.63, 3.8) is 0 Å². The molecule has 0 N–H and O–H groups in total. The summed E-state index contributed by atoms with van der Waals surface area (Å²) in [6.45, 7) is 0. The van der Waals surface area contributed by atoms with Crippen LogP contribution >= 0.6 is 0 Å². The van der Waals surface area contributed by atoms with Gasteiger partial charge in [-0.1, -0.05) is 6.07 Å². The molecule has 0 radical (unpaired) electrons. The monoisotopic (exact) mass is 208 g/mol. The lowest BCUT2D eigenvalue weighted by Crippen LogP contribution is -1.91. The lowest BCUT2D eigenvalue weighted by Gasteiger charge is -1.91. The molecule has 0 bridgehead atoms. The van der Waals surface area contributed by atoms with Crippen molar-refractivity contribution in [3.05, 3.63) is 44.7 Å². The summed E-state index contributed by atoms with van der Waals surface area (Å²) < 4.78 is 4.86. The number of hydrogen-bond acceptors (Lipinski definition) is 5. The molecule has 0 saturated carbocycles. The number of rotatable bonds is 2. The molecule has 76 valence electrons. The topological polar surface area (TPSA) is 99.4 Å². The molecular formula is C8H4N2O5. The predicted octanol–water partition coefficient (Wildman–Crippen LogP) is 2.25. The fourth-order valence-corrected chi connectivity index (χ4v) is 1.34. The third kappa shape index (κ3) is 1.30. The molecule has 0 atom stereocenters. The van der Waals surface area contributed by atoms with Crippen molar-refractivity contribution in [1.29, 1.82) is 0 Å². The van der Waals surface area contributed by atoms with Crippen LogP contribution < -0.4 is 0 Å². The largest absolute Gasteiger partial charge is 0.457 e. The molecule has 2 rings (SSSR count). The summed E-state index contributed by atoms with van der Waals surface area (Å²) in [6, 6.07) is 4.05. The van der Waals surface area contributed by atoms with Gasteiger partial charge in [0.25, 0.3) is 5.69 Å². The van der Waals surface area contributed by atoms with Crippen molar-refractivity contribution >= 4 is 22.3 Å². The highest BCUT2D eigenvalue weighted by Gasteiger charge is 2.25. The van der Waals surface area contributed by atoms with Crippen molar-refractivity contribution in [2.75, 3.05) is 0 Å². The minimum absolute atomic E-state index is 0.0764. The summed E-state index contributed by atoms with van der Waals surface area (Å²) in [5.74, 6) is 0. The Kier molecular flexibility index (Phi) is 1.86. The van der Waals surface area contributed by atoms with Crippen molar-refractivity contribution in [2.24, 2.45) is 0 Å². The second-order valence-corrected chi connectivity index (χ2v) is 2.79. The Balaban J connectivity index is 2.86. The number of nitro groups is 2. The molecular weight excluding hydrogens is 204 g/mol. The Hall–Kier alpha value is -2.44. The zero-order chi connectivity index (χ0) is 11.0. The minimum atomic E-state index is -0.709. The highest BCUT2D eigenvalue weighted by atomic mass is 16.6. The maximum absolute atomic E-state index is 10.6. The quantitative estimate of drug-likeness (QED) is 0.556. The summed E-state index contributed by atoms with van der Waals surface area (Å²) >= 11 is 0. The van der Waals surface area contributed by atoms with Gasteiger partial charge in [0, 0.05) is 6.07 Å². The normalized spacial score (nSPS) is 10.4. The molecule has 0 aliphatic carbocycles. The summed E-state index contributed by atoms with van der Waals surface area (Å²) in [5, 5.41) is 21.1. The van der Waals surface area contributed by atoms with Crippen molar-refractivity contribution in [1.82, 2.24) is 0 Å². The first kappa shape index (κ1) is 9.13. The number of fused-ring (bicyclic) bond motifs is 1. The van der Waals surface area contributed by atoms with Crippen LogP contribution in [0.25, 0.3) is 11.0 Å². The van der Waals surface area contributed by atoms with Crippen LogP contribution in [0.4, 0.5) is 11.4 Å². The van der Waals surface area contributed by atoms with Gasteiger partial charge in [-0.25, -0.2) is 0 Å². The van der Waals surface area contributed by atoms with Crippen LogP contribution in [0.1, 0.15) is 0 Å². The van der Waals surface area contributed by atoms with E-state index in [0.717, 1.165) is 6.26 Å². The first-order valence-electron chi connectivity index (χ1n) is 3.90. The smallest absolute Gasteiger partial charge is 0.322 e. The number of nitro benzene ring substituents is 1. The van der Waals surface area contributed by atoms with Crippen LogP contribution in [0.15, 0.2) is 28.9 Å². The second-order valence-electron chi connectivity index (χ2n) is 2.79. The average molecular weight is 208 g/mol. The standard InChI is InChI=1S/C8H4N2O5/c11-9(12)5-2-1-3-7-8(5)6(4-15-7)10(13)14/h1-4H. The number of benzene rings is 1. The van der Waals surface area contributed by atoms with E-state index in [9.17, 15) is 20.2 Å². The third-order valence-electron chi connectivity index (χ3n) is 1.95. The van der Waals surface area contributed by atoms with Gasteiger partial charge in [0.05, 0.1) is 9.85 Å². The summed E-state index contributed by atoms with van der Waals surface area (Å²) in [4.78, 5) is 19.8. The summed E-state index contributed by atoms with van der Waals surface area (Å²) in [5.41, 5.74) is -0.582.